The molecule has 0 spiro atoms. The van der Waals surface area contributed by atoms with Crippen molar-refractivity contribution in [3.63, 3.8) is 0 Å². The number of thiazole rings is 1. The molecule has 0 bridgehead atoms. The van der Waals surface area contributed by atoms with Gasteiger partial charge in [-0.1, -0.05) is 0 Å². The molecule has 0 aliphatic heterocycles. The van der Waals surface area contributed by atoms with Crippen molar-refractivity contribution in [1.82, 2.24) is 10.3 Å². The number of carbonyl (C=O) groups excluding carboxylic acids is 1. The van der Waals surface area contributed by atoms with Gasteiger partial charge in [0.25, 0.3) is 5.91 Å². The van der Waals surface area contributed by atoms with Gasteiger partial charge in [0.1, 0.15) is 16.5 Å². The molecular formula is C14H11BrN2O2S2. The Morgan fingerprint density at radius 2 is 2.29 bits per heavy atom. The van der Waals surface area contributed by atoms with Crippen LogP contribution in [0.4, 0.5) is 0 Å². The lowest BCUT2D eigenvalue weighted by Gasteiger charge is -2.00. The standard InChI is InChI=1S/C14H11BrN2O2S2/c15-9-6-12(20-7-9)14-17-11(8-21-14)13(18)16-4-3-10-2-1-5-19-10/h1-2,5-8H,3-4H2,(H,16,18). The molecule has 0 atom stereocenters. The van der Waals surface area contributed by atoms with Gasteiger partial charge in [-0.15, -0.1) is 22.7 Å². The van der Waals surface area contributed by atoms with E-state index in [4.69, 9.17) is 4.42 Å². The van der Waals surface area contributed by atoms with Crippen LogP contribution in [0.5, 0.6) is 0 Å². The predicted octanol–water partition coefficient (Wildman–Crippen LogP) is 4.20. The van der Waals surface area contributed by atoms with Gasteiger partial charge in [0.15, 0.2) is 0 Å². The van der Waals surface area contributed by atoms with Gasteiger partial charge in [-0.25, -0.2) is 4.98 Å². The molecule has 0 aromatic carbocycles. The van der Waals surface area contributed by atoms with E-state index in [1.807, 2.05) is 23.6 Å². The van der Waals surface area contributed by atoms with Gasteiger partial charge < -0.3 is 9.73 Å². The number of hydrogen-bond acceptors (Lipinski definition) is 5. The Hall–Kier alpha value is -1.44. The van der Waals surface area contributed by atoms with E-state index in [0.717, 1.165) is 20.1 Å². The third-order valence-electron chi connectivity index (χ3n) is 2.75. The van der Waals surface area contributed by atoms with Crippen LogP contribution in [0.3, 0.4) is 0 Å². The SMILES string of the molecule is O=C(NCCc1ccco1)c1csc(-c2cc(Br)cs2)n1. The Morgan fingerprint density at radius 1 is 1.38 bits per heavy atom. The van der Waals surface area contributed by atoms with Crippen LogP contribution < -0.4 is 5.32 Å². The molecule has 3 aromatic rings. The van der Waals surface area contributed by atoms with E-state index >= 15 is 0 Å². The summed E-state index contributed by atoms with van der Waals surface area (Å²) in [5.41, 5.74) is 0.457. The summed E-state index contributed by atoms with van der Waals surface area (Å²) in [6, 6.07) is 5.73. The second-order valence-corrected chi connectivity index (χ2v) is 6.94. The summed E-state index contributed by atoms with van der Waals surface area (Å²) in [4.78, 5) is 17.5. The predicted molar refractivity (Wildman–Crippen MR) is 87.9 cm³/mol. The van der Waals surface area contributed by atoms with Crippen molar-refractivity contribution in [2.45, 2.75) is 6.42 Å². The molecule has 0 saturated carbocycles. The van der Waals surface area contributed by atoms with Gasteiger partial charge in [0.2, 0.25) is 0 Å². The molecule has 0 radical (unpaired) electrons. The zero-order chi connectivity index (χ0) is 14.7. The molecule has 1 amide bonds. The van der Waals surface area contributed by atoms with Crippen LogP contribution in [0.1, 0.15) is 16.2 Å². The number of amides is 1. The van der Waals surface area contributed by atoms with E-state index in [0.29, 0.717) is 18.7 Å². The molecule has 3 aromatic heterocycles. The molecule has 7 heteroatoms. The fourth-order valence-corrected chi connectivity index (χ4v) is 4.07. The van der Waals surface area contributed by atoms with Crippen LogP contribution in [0, 0.1) is 0 Å². The molecule has 21 heavy (non-hydrogen) atoms. The van der Waals surface area contributed by atoms with Crippen molar-refractivity contribution in [3.8, 4) is 9.88 Å². The van der Waals surface area contributed by atoms with Gasteiger partial charge >= 0.3 is 0 Å². The second kappa shape index (κ2) is 6.55. The van der Waals surface area contributed by atoms with Gasteiger partial charge in [-0.3, -0.25) is 4.79 Å². The first kappa shape index (κ1) is 14.5. The number of hydrogen-bond donors (Lipinski definition) is 1. The summed E-state index contributed by atoms with van der Waals surface area (Å²) in [7, 11) is 0. The van der Waals surface area contributed by atoms with Crippen molar-refractivity contribution in [1.29, 1.82) is 0 Å². The number of rotatable bonds is 5. The van der Waals surface area contributed by atoms with Gasteiger partial charge in [0.05, 0.1) is 11.1 Å². The van der Waals surface area contributed by atoms with Crippen molar-refractivity contribution >= 4 is 44.5 Å². The Balaban J connectivity index is 1.59. The van der Waals surface area contributed by atoms with Crippen molar-refractivity contribution in [2.75, 3.05) is 6.54 Å². The quantitative estimate of drug-likeness (QED) is 0.719. The molecule has 4 nitrogen and oxygen atoms in total. The number of thiophene rings is 1. The first-order valence-corrected chi connectivity index (χ1v) is 8.78. The molecule has 3 heterocycles. The minimum absolute atomic E-state index is 0.153. The molecule has 1 N–H and O–H groups in total. The highest BCUT2D eigenvalue weighted by molar-refractivity contribution is 9.10. The van der Waals surface area contributed by atoms with Crippen LogP contribution in [0.2, 0.25) is 0 Å². The topological polar surface area (TPSA) is 55.1 Å². The molecular weight excluding hydrogens is 372 g/mol. The lowest BCUT2D eigenvalue weighted by molar-refractivity contribution is 0.0949. The summed E-state index contributed by atoms with van der Waals surface area (Å²) in [6.45, 7) is 0.532. The van der Waals surface area contributed by atoms with E-state index in [-0.39, 0.29) is 5.91 Å². The summed E-state index contributed by atoms with van der Waals surface area (Å²) >= 11 is 6.49. The maximum atomic E-state index is 12.0. The second-order valence-electron chi connectivity index (χ2n) is 4.25. The van der Waals surface area contributed by atoms with Crippen LogP contribution in [-0.4, -0.2) is 17.4 Å². The molecule has 0 fully saturated rings. The third kappa shape index (κ3) is 3.61. The smallest absolute Gasteiger partial charge is 0.270 e. The van der Waals surface area contributed by atoms with E-state index in [1.54, 1.807) is 23.0 Å². The lowest BCUT2D eigenvalue weighted by atomic mass is 10.3. The highest BCUT2D eigenvalue weighted by Crippen LogP contribution is 2.31. The Morgan fingerprint density at radius 3 is 3.00 bits per heavy atom. The number of furan rings is 1. The van der Waals surface area contributed by atoms with Crippen molar-refractivity contribution in [3.05, 3.63) is 51.1 Å². The van der Waals surface area contributed by atoms with Crippen molar-refractivity contribution in [2.24, 2.45) is 0 Å². The minimum Gasteiger partial charge on any atom is -0.469 e. The zero-order valence-electron chi connectivity index (χ0n) is 10.8. The largest absolute Gasteiger partial charge is 0.469 e. The number of aromatic nitrogens is 1. The summed E-state index contributed by atoms with van der Waals surface area (Å²) < 4.78 is 6.25. The molecule has 0 saturated heterocycles. The molecule has 3 rings (SSSR count). The van der Waals surface area contributed by atoms with Gasteiger partial charge in [0, 0.05) is 28.2 Å². The first-order valence-electron chi connectivity index (χ1n) is 6.23. The first-order chi connectivity index (χ1) is 10.2. The lowest BCUT2D eigenvalue weighted by Crippen LogP contribution is -2.25. The molecule has 0 aliphatic carbocycles. The van der Waals surface area contributed by atoms with Gasteiger partial charge in [-0.05, 0) is 34.1 Å². The zero-order valence-corrected chi connectivity index (χ0v) is 14.1. The number of nitrogens with zero attached hydrogens (tertiary/aromatic N) is 1. The number of halogens is 1. The Kier molecular flexibility index (Phi) is 4.52. The third-order valence-corrected chi connectivity index (χ3v) is 5.45. The molecule has 0 unspecified atom stereocenters. The minimum atomic E-state index is -0.153. The summed E-state index contributed by atoms with van der Waals surface area (Å²) in [5, 5.41) is 7.49. The monoisotopic (exact) mass is 382 g/mol. The normalized spacial score (nSPS) is 10.7. The summed E-state index contributed by atoms with van der Waals surface area (Å²) in [6.07, 6.45) is 2.30. The Bertz CT molecular complexity index is 734. The average Bonchev–Trinajstić information content (AvgIpc) is 3.19. The fourth-order valence-electron chi connectivity index (χ4n) is 1.76. The van der Waals surface area contributed by atoms with E-state index < -0.39 is 0 Å². The highest BCUT2D eigenvalue weighted by atomic mass is 79.9. The highest BCUT2D eigenvalue weighted by Gasteiger charge is 2.12. The van der Waals surface area contributed by atoms with Crippen LogP contribution >= 0.6 is 38.6 Å². The van der Waals surface area contributed by atoms with Crippen LogP contribution in [0.15, 0.2) is 44.1 Å². The van der Waals surface area contributed by atoms with E-state index in [2.05, 4.69) is 26.2 Å². The van der Waals surface area contributed by atoms with E-state index in [1.165, 1.54) is 11.3 Å². The van der Waals surface area contributed by atoms with Crippen molar-refractivity contribution < 1.29 is 9.21 Å². The maximum Gasteiger partial charge on any atom is 0.270 e. The summed E-state index contributed by atoms with van der Waals surface area (Å²) in [5.74, 6) is 0.706. The van der Waals surface area contributed by atoms with E-state index in [9.17, 15) is 4.79 Å². The maximum absolute atomic E-state index is 12.0. The number of carbonyl (C=O) groups is 1. The Labute approximate surface area is 138 Å². The molecule has 0 aliphatic rings. The van der Waals surface area contributed by atoms with Crippen LogP contribution in [-0.2, 0) is 6.42 Å². The number of nitrogens with one attached hydrogen (secondary N) is 1. The van der Waals surface area contributed by atoms with Crippen LogP contribution in [0.25, 0.3) is 9.88 Å². The average molecular weight is 383 g/mol. The van der Waals surface area contributed by atoms with Gasteiger partial charge in [-0.2, -0.15) is 0 Å². The fraction of sp³-hybridized carbons (Fsp3) is 0.143. The molecule has 108 valence electrons.